The number of benzene rings is 2. The first kappa shape index (κ1) is 21.8. The monoisotopic (exact) mass is 448 g/mol. The summed E-state index contributed by atoms with van der Waals surface area (Å²) in [5.41, 5.74) is 3.96. The Labute approximate surface area is 192 Å². The number of carbonyl (C=O) groups excluding carboxylic acids is 1. The summed E-state index contributed by atoms with van der Waals surface area (Å²) in [4.78, 5) is 24.6. The molecule has 1 fully saturated rings. The Bertz CT molecular complexity index is 1180. The number of carboxylic acids is 1. The highest BCUT2D eigenvalue weighted by atomic mass is 19.1. The molecule has 1 aliphatic carbocycles. The zero-order chi connectivity index (χ0) is 22.9. The number of ketones is 1. The van der Waals surface area contributed by atoms with E-state index in [1.165, 1.54) is 25.0 Å². The maximum atomic E-state index is 13.4. The van der Waals surface area contributed by atoms with Gasteiger partial charge in [-0.25, -0.2) is 4.39 Å². The number of fused-ring (bicyclic) bond motifs is 3. The molecule has 1 unspecified atom stereocenters. The van der Waals surface area contributed by atoms with Crippen molar-refractivity contribution >= 4 is 22.7 Å². The molecule has 0 saturated heterocycles. The zero-order valence-electron chi connectivity index (χ0n) is 18.6. The van der Waals surface area contributed by atoms with Gasteiger partial charge >= 0.3 is 5.97 Å². The van der Waals surface area contributed by atoms with Crippen molar-refractivity contribution < 1.29 is 19.1 Å². The van der Waals surface area contributed by atoms with Gasteiger partial charge in [0.15, 0.2) is 5.78 Å². The second-order valence-corrected chi connectivity index (χ2v) is 9.49. The predicted molar refractivity (Wildman–Crippen MR) is 125 cm³/mol. The molecule has 0 amide bonds. The number of nitrogens with zero attached hydrogens (tertiary/aromatic N) is 1. The van der Waals surface area contributed by atoms with E-state index in [0.29, 0.717) is 12.5 Å². The summed E-state index contributed by atoms with van der Waals surface area (Å²) in [7, 11) is 0. The Balaban J connectivity index is 1.30. The fraction of sp³-hybridized carbons (Fsp3) is 0.407. The highest BCUT2D eigenvalue weighted by Gasteiger charge is 2.31. The van der Waals surface area contributed by atoms with Crippen molar-refractivity contribution in [2.24, 2.45) is 5.92 Å². The fourth-order valence-corrected chi connectivity index (χ4v) is 5.26. The predicted octanol–water partition coefficient (Wildman–Crippen LogP) is 4.46. The molecular formula is C27H29FN2O3. The molecule has 0 bridgehead atoms. The van der Waals surface area contributed by atoms with Crippen LogP contribution < -0.4 is 5.32 Å². The SMILES string of the molecule is O=C(O)Cc1c2n(c3ccccc13)C[C@H](NCC(=O)C(CC1CC1)c1ccc(F)cc1)CC2. The molecule has 2 heterocycles. The lowest BCUT2D eigenvalue weighted by Crippen LogP contribution is -2.41. The molecule has 3 aromatic rings. The van der Waals surface area contributed by atoms with Crippen LogP contribution in [-0.2, 0) is 29.0 Å². The van der Waals surface area contributed by atoms with Crippen molar-refractivity contribution in [1.29, 1.82) is 0 Å². The summed E-state index contributed by atoms with van der Waals surface area (Å²) >= 11 is 0. The van der Waals surface area contributed by atoms with Crippen LogP contribution in [0, 0.1) is 11.7 Å². The van der Waals surface area contributed by atoms with Gasteiger partial charge in [0.25, 0.3) is 0 Å². The summed E-state index contributed by atoms with van der Waals surface area (Å²) in [6.07, 6.45) is 4.85. The van der Waals surface area contributed by atoms with E-state index in [0.717, 1.165) is 47.0 Å². The van der Waals surface area contributed by atoms with Crippen LogP contribution in [0.15, 0.2) is 48.5 Å². The van der Waals surface area contributed by atoms with Gasteiger partial charge in [-0.05, 0) is 54.5 Å². The fourth-order valence-electron chi connectivity index (χ4n) is 5.26. The lowest BCUT2D eigenvalue weighted by molar-refractivity contribution is -0.136. The quantitative estimate of drug-likeness (QED) is 0.507. The van der Waals surface area contributed by atoms with Gasteiger partial charge in [-0.15, -0.1) is 0 Å². The van der Waals surface area contributed by atoms with Crippen LogP contribution in [0.3, 0.4) is 0 Å². The van der Waals surface area contributed by atoms with E-state index in [1.54, 1.807) is 12.1 Å². The second kappa shape index (κ2) is 9.10. The Kier molecular flexibility index (Phi) is 6.02. The van der Waals surface area contributed by atoms with Crippen LogP contribution in [0.4, 0.5) is 4.39 Å². The molecule has 5 nitrogen and oxygen atoms in total. The molecule has 0 spiro atoms. The number of rotatable bonds is 9. The smallest absolute Gasteiger partial charge is 0.307 e. The number of hydrogen-bond donors (Lipinski definition) is 2. The Hall–Kier alpha value is -2.99. The van der Waals surface area contributed by atoms with E-state index in [-0.39, 0.29) is 36.5 Å². The first-order valence-electron chi connectivity index (χ1n) is 11.8. The van der Waals surface area contributed by atoms with Crippen molar-refractivity contribution in [2.75, 3.05) is 6.54 Å². The molecule has 2 aromatic carbocycles. The lowest BCUT2D eigenvalue weighted by atomic mass is 9.89. The van der Waals surface area contributed by atoms with Crippen molar-refractivity contribution in [3.05, 3.63) is 71.2 Å². The number of aromatic nitrogens is 1. The lowest BCUT2D eigenvalue weighted by Gasteiger charge is -2.27. The Morgan fingerprint density at radius 2 is 1.85 bits per heavy atom. The van der Waals surface area contributed by atoms with Gasteiger partial charge in [-0.2, -0.15) is 0 Å². The van der Waals surface area contributed by atoms with E-state index >= 15 is 0 Å². The minimum atomic E-state index is -0.817. The first-order valence-corrected chi connectivity index (χ1v) is 11.8. The maximum Gasteiger partial charge on any atom is 0.307 e. The van der Waals surface area contributed by atoms with Crippen molar-refractivity contribution in [3.8, 4) is 0 Å². The van der Waals surface area contributed by atoms with Crippen LogP contribution in [0.2, 0.25) is 0 Å². The first-order chi connectivity index (χ1) is 16.0. The summed E-state index contributed by atoms with van der Waals surface area (Å²) in [5.74, 6) is -0.543. The second-order valence-electron chi connectivity index (χ2n) is 9.49. The molecule has 2 atom stereocenters. The maximum absolute atomic E-state index is 13.4. The third-order valence-corrected chi connectivity index (χ3v) is 7.15. The van der Waals surface area contributed by atoms with Gasteiger partial charge < -0.3 is 15.0 Å². The molecule has 172 valence electrons. The number of aliphatic carboxylic acids is 1. The number of para-hydroxylation sites is 1. The number of carboxylic acid groups (broad SMARTS) is 1. The van der Waals surface area contributed by atoms with Gasteiger partial charge in [0.05, 0.1) is 13.0 Å². The molecule has 33 heavy (non-hydrogen) atoms. The normalized spacial score (nSPS) is 18.8. The van der Waals surface area contributed by atoms with Crippen molar-refractivity contribution in [3.63, 3.8) is 0 Å². The van der Waals surface area contributed by atoms with Crippen LogP contribution in [0.1, 0.15) is 48.4 Å². The van der Waals surface area contributed by atoms with Crippen LogP contribution in [0.25, 0.3) is 10.9 Å². The van der Waals surface area contributed by atoms with Gasteiger partial charge in [0.2, 0.25) is 0 Å². The molecule has 1 aliphatic heterocycles. The van der Waals surface area contributed by atoms with E-state index < -0.39 is 5.97 Å². The standard InChI is InChI=1S/C27H29FN2O3/c28-19-9-7-18(8-10-19)22(13-17-5-6-17)26(31)15-29-20-11-12-25-23(14-27(32)33)21-3-1-2-4-24(21)30(25)16-20/h1-4,7-10,17,20,22,29H,5-6,11-16H2,(H,32,33)/t20-,22?/m1/s1. The van der Waals surface area contributed by atoms with Gasteiger partial charge in [0.1, 0.15) is 5.82 Å². The largest absolute Gasteiger partial charge is 0.481 e. The summed E-state index contributed by atoms with van der Waals surface area (Å²) < 4.78 is 15.6. The molecule has 1 saturated carbocycles. The van der Waals surface area contributed by atoms with E-state index in [4.69, 9.17) is 0 Å². The minimum absolute atomic E-state index is 0.0277. The summed E-state index contributed by atoms with van der Waals surface area (Å²) in [6.45, 7) is 1.00. The molecule has 2 aliphatic rings. The molecule has 1 aromatic heterocycles. The molecule has 6 heteroatoms. The van der Waals surface area contributed by atoms with E-state index in [9.17, 15) is 19.1 Å². The highest BCUT2D eigenvalue weighted by Crippen LogP contribution is 2.39. The van der Waals surface area contributed by atoms with Gasteiger partial charge in [0, 0.05) is 35.1 Å². The van der Waals surface area contributed by atoms with Crippen molar-refractivity contribution in [1.82, 2.24) is 9.88 Å². The van der Waals surface area contributed by atoms with E-state index in [2.05, 4.69) is 9.88 Å². The summed E-state index contributed by atoms with van der Waals surface area (Å²) in [5, 5.41) is 13.9. The van der Waals surface area contributed by atoms with Gasteiger partial charge in [-0.3, -0.25) is 9.59 Å². The highest BCUT2D eigenvalue weighted by molar-refractivity contribution is 5.89. The average Bonchev–Trinajstić information content (AvgIpc) is 3.59. The number of Topliss-reactive ketones (excluding diaryl/α,β-unsaturated/α-hetero) is 1. The number of carbonyl (C=O) groups is 2. The Morgan fingerprint density at radius 3 is 2.58 bits per heavy atom. The van der Waals surface area contributed by atoms with Crippen LogP contribution >= 0.6 is 0 Å². The number of hydrogen-bond acceptors (Lipinski definition) is 3. The number of halogens is 1. The number of nitrogens with one attached hydrogen (secondary N) is 1. The third-order valence-electron chi connectivity index (χ3n) is 7.15. The molecule has 5 rings (SSSR count). The van der Waals surface area contributed by atoms with Gasteiger partial charge in [-0.1, -0.05) is 43.2 Å². The zero-order valence-corrected chi connectivity index (χ0v) is 18.6. The van der Waals surface area contributed by atoms with Crippen molar-refractivity contribution in [2.45, 2.75) is 57.0 Å². The molecule has 0 radical (unpaired) electrons. The summed E-state index contributed by atoms with van der Waals surface area (Å²) in [6, 6.07) is 14.5. The minimum Gasteiger partial charge on any atom is -0.481 e. The topological polar surface area (TPSA) is 71.3 Å². The Morgan fingerprint density at radius 1 is 1.09 bits per heavy atom. The average molecular weight is 449 g/mol. The van der Waals surface area contributed by atoms with E-state index in [1.807, 2.05) is 24.3 Å². The third kappa shape index (κ3) is 4.71. The van der Waals surface area contributed by atoms with Crippen LogP contribution in [0.5, 0.6) is 0 Å². The van der Waals surface area contributed by atoms with Crippen LogP contribution in [-0.4, -0.2) is 34.0 Å². The molecule has 2 N–H and O–H groups in total. The molecular weight excluding hydrogens is 419 g/mol.